The summed E-state index contributed by atoms with van der Waals surface area (Å²) in [7, 11) is 0. The van der Waals surface area contributed by atoms with E-state index in [4.69, 9.17) is 11.6 Å². The Kier molecular flexibility index (Phi) is 4.61. The number of hydrogen-bond donors (Lipinski definition) is 0. The van der Waals surface area contributed by atoms with Gasteiger partial charge in [-0.05, 0) is 28.8 Å². The number of nitriles is 1. The minimum Gasteiger partial charge on any atom is -0.208 e. The molecule has 1 heterocycles. The molecule has 0 N–H and O–H groups in total. The Bertz CT molecular complexity index is 1130. The molecule has 1 aromatic heterocycles. The molecule has 0 fully saturated rings. The molecule has 5 heteroatoms. The highest BCUT2D eigenvalue weighted by Crippen LogP contribution is 2.27. The van der Waals surface area contributed by atoms with Crippen molar-refractivity contribution in [1.29, 1.82) is 5.26 Å². The number of hydrogen-bond acceptors (Lipinski definition) is 4. The van der Waals surface area contributed by atoms with Crippen molar-refractivity contribution in [3.05, 3.63) is 89.7 Å². The fourth-order valence-corrected chi connectivity index (χ4v) is 2.99. The summed E-state index contributed by atoms with van der Waals surface area (Å²) in [6.45, 7) is 0. The third-order valence-electron chi connectivity index (χ3n) is 4.14. The Morgan fingerprint density at radius 3 is 1.85 bits per heavy atom. The first-order chi connectivity index (χ1) is 13.2. The van der Waals surface area contributed by atoms with Gasteiger partial charge in [0.1, 0.15) is 0 Å². The molecule has 128 valence electrons. The van der Waals surface area contributed by atoms with Gasteiger partial charge in [0.2, 0.25) is 5.28 Å². The highest BCUT2D eigenvalue weighted by Gasteiger charge is 2.10. The monoisotopic (exact) mass is 368 g/mol. The predicted octanol–water partition coefficient (Wildman–Crippen LogP) is 5.40. The molecule has 0 aliphatic rings. The van der Waals surface area contributed by atoms with Crippen LogP contribution in [0.15, 0.2) is 78.9 Å². The summed E-state index contributed by atoms with van der Waals surface area (Å²) in [5.74, 6) is 1.04. The first-order valence-corrected chi connectivity index (χ1v) is 8.69. The fraction of sp³-hybridized carbons (Fsp3) is 0. The molecule has 4 aromatic rings. The lowest BCUT2D eigenvalue weighted by molar-refractivity contribution is 1.07. The Morgan fingerprint density at radius 1 is 0.630 bits per heavy atom. The first-order valence-electron chi connectivity index (χ1n) is 8.31. The molecule has 0 aliphatic carbocycles. The summed E-state index contributed by atoms with van der Waals surface area (Å²) >= 11 is 6.12. The summed E-state index contributed by atoms with van der Waals surface area (Å²) in [6, 6.07) is 27.1. The van der Waals surface area contributed by atoms with E-state index in [2.05, 4.69) is 21.0 Å². The van der Waals surface area contributed by atoms with Crippen molar-refractivity contribution in [2.75, 3.05) is 0 Å². The molecule has 0 spiro atoms. The summed E-state index contributed by atoms with van der Waals surface area (Å²) in [5, 5.41) is 9.44. The molecule has 0 aliphatic heterocycles. The van der Waals surface area contributed by atoms with Crippen molar-refractivity contribution in [2.24, 2.45) is 0 Å². The van der Waals surface area contributed by atoms with E-state index in [1.807, 2.05) is 72.8 Å². The molecule has 27 heavy (non-hydrogen) atoms. The minimum absolute atomic E-state index is 0.151. The summed E-state index contributed by atoms with van der Waals surface area (Å²) in [6.07, 6.45) is 0. The standard InChI is InChI=1S/C22H13ClN4/c23-22-26-20(16-6-2-1-3-7-16)25-21(27-22)17-12-10-15(11-13-17)19-9-5-4-8-18(19)14-24/h1-13H. The zero-order valence-electron chi connectivity index (χ0n) is 14.2. The molecule has 0 bridgehead atoms. The summed E-state index contributed by atoms with van der Waals surface area (Å²) < 4.78 is 0. The van der Waals surface area contributed by atoms with E-state index in [0.29, 0.717) is 17.2 Å². The second kappa shape index (κ2) is 7.36. The molecular formula is C22H13ClN4. The normalized spacial score (nSPS) is 10.4. The lowest BCUT2D eigenvalue weighted by Gasteiger charge is -2.07. The van der Waals surface area contributed by atoms with Crippen LogP contribution in [-0.4, -0.2) is 15.0 Å². The van der Waals surface area contributed by atoms with Crippen molar-refractivity contribution < 1.29 is 0 Å². The van der Waals surface area contributed by atoms with Crippen LogP contribution in [0.5, 0.6) is 0 Å². The van der Waals surface area contributed by atoms with Gasteiger partial charge in [-0.1, -0.05) is 72.8 Å². The Labute approximate surface area is 161 Å². The van der Waals surface area contributed by atoms with Gasteiger partial charge in [0, 0.05) is 11.1 Å². The molecule has 0 saturated carbocycles. The highest BCUT2D eigenvalue weighted by molar-refractivity contribution is 6.28. The van der Waals surface area contributed by atoms with Crippen LogP contribution in [0.1, 0.15) is 5.56 Å². The average Bonchev–Trinajstić information content (AvgIpc) is 2.74. The van der Waals surface area contributed by atoms with Crippen LogP contribution in [-0.2, 0) is 0 Å². The van der Waals surface area contributed by atoms with E-state index in [0.717, 1.165) is 22.3 Å². The molecular weight excluding hydrogens is 356 g/mol. The number of nitrogens with zero attached hydrogens (tertiary/aromatic N) is 4. The van der Waals surface area contributed by atoms with Crippen molar-refractivity contribution in [3.8, 4) is 40.0 Å². The van der Waals surface area contributed by atoms with Gasteiger partial charge in [-0.3, -0.25) is 0 Å². The van der Waals surface area contributed by atoms with Crippen LogP contribution in [0.3, 0.4) is 0 Å². The van der Waals surface area contributed by atoms with Gasteiger partial charge in [-0.2, -0.15) is 15.2 Å². The van der Waals surface area contributed by atoms with Crippen LogP contribution < -0.4 is 0 Å². The maximum atomic E-state index is 9.29. The van der Waals surface area contributed by atoms with Crippen molar-refractivity contribution in [2.45, 2.75) is 0 Å². The number of halogens is 1. The van der Waals surface area contributed by atoms with Crippen molar-refractivity contribution in [1.82, 2.24) is 15.0 Å². The summed E-state index contributed by atoms with van der Waals surface area (Å²) in [5.41, 5.74) is 4.20. The van der Waals surface area contributed by atoms with Gasteiger partial charge in [-0.25, -0.2) is 4.98 Å². The van der Waals surface area contributed by atoms with E-state index in [-0.39, 0.29) is 5.28 Å². The van der Waals surface area contributed by atoms with Crippen LogP contribution in [0.25, 0.3) is 33.9 Å². The molecule has 4 nitrogen and oxygen atoms in total. The minimum atomic E-state index is 0.151. The SMILES string of the molecule is N#Cc1ccccc1-c1ccc(-c2nc(Cl)nc(-c3ccccc3)n2)cc1. The zero-order chi connectivity index (χ0) is 18.6. The number of rotatable bonds is 3. The van der Waals surface area contributed by atoms with E-state index in [1.54, 1.807) is 6.07 Å². The lowest BCUT2D eigenvalue weighted by atomic mass is 9.99. The average molecular weight is 369 g/mol. The Balaban J connectivity index is 1.73. The smallest absolute Gasteiger partial charge is 0.208 e. The van der Waals surface area contributed by atoms with Gasteiger partial charge in [0.25, 0.3) is 0 Å². The van der Waals surface area contributed by atoms with Gasteiger partial charge in [0.15, 0.2) is 11.6 Å². The predicted molar refractivity (Wildman–Crippen MR) is 106 cm³/mol. The van der Waals surface area contributed by atoms with Crippen LogP contribution in [0, 0.1) is 11.3 Å². The largest absolute Gasteiger partial charge is 0.226 e. The lowest BCUT2D eigenvalue weighted by Crippen LogP contribution is -1.97. The third kappa shape index (κ3) is 3.55. The van der Waals surface area contributed by atoms with Crippen LogP contribution in [0.2, 0.25) is 5.28 Å². The van der Waals surface area contributed by atoms with E-state index in [9.17, 15) is 5.26 Å². The second-order valence-electron chi connectivity index (χ2n) is 5.85. The van der Waals surface area contributed by atoms with Gasteiger partial charge in [-0.15, -0.1) is 0 Å². The number of benzene rings is 3. The molecule has 0 atom stereocenters. The van der Waals surface area contributed by atoms with Gasteiger partial charge in [0.05, 0.1) is 11.6 Å². The highest BCUT2D eigenvalue weighted by atomic mass is 35.5. The molecule has 4 rings (SSSR count). The van der Waals surface area contributed by atoms with Crippen molar-refractivity contribution in [3.63, 3.8) is 0 Å². The maximum absolute atomic E-state index is 9.29. The van der Waals surface area contributed by atoms with E-state index in [1.165, 1.54) is 0 Å². The number of aromatic nitrogens is 3. The molecule has 3 aromatic carbocycles. The maximum Gasteiger partial charge on any atom is 0.226 e. The first kappa shape index (κ1) is 16.9. The molecule has 0 radical (unpaired) electrons. The van der Waals surface area contributed by atoms with E-state index < -0.39 is 0 Å². The van der Waals surface area contributed by atoms with Crippen LogP contribution >= 0.6 is 11.6 Å². The van der Waals surface area contributed by atoms with Crippen LogP contribution in [0.4, 0.5) is 0 Å². The Hall–Kier alpha value is -3.55. The molecule has 0 saturated heterocycles. The quantitative estimate of drug-likeness (QED) is 0.486. The van der Waals surface area contributed by atoms with E-state index >= 15 is 0 Å². The molecule has 0 amide bonds. The van der Waals surface area contributed by atoms with Gasteiger partial charge >= 0.3 is 0 Å². The summed E-state index contributed by atoms with van der Waals surface area (Å²) in [4.78, 5) is 13.0. The van der Waals surface area contributed by atoms with Crippen molar-refractivity contribution >= 4 is 11.6 Å². The molecule has 0 unspecified atom stereocenters. The topological polar surface area (TPSA) is 62.5 Å². The fourth-order valence-electron chi connectivity index (χ4n) is 2.83. The third-order valence-corrected chi connectivity index (χ3v) is 4.31. The zero-order valence-corrected chi connectivity index (χ0v) is 14.9. The Morgan fingerprint density at radius 2 is 1.19 bits per heavy atom. The second-order valence-corrected chi connectivity index (χ2v) is 6.19. The van der Waals surface area contributed by atoms with Gasteiger partial charge < -0.3 is 0 Å².